The lowest BCUT2D eigenvalue weighted by atomic mass is 10.0. The number of primary amides is 1. The average molecular weight is 244 g/mol. The summed E-state index contributed by atoms with van der Waals surface area (Å²) in [5, 5.41) is 0. The highest BCUT2D eigenvalue weighted by atomic mass is 16.5. The quantitative estimate of drug-likeness (QED) is 0.677. The van der Waals surface area contributed by atoms with Gasteiger partial charge in [-0.15, -0.1) is 0 Å². The van der Waals surface area contributed by atoms with Crippen molar-refractivity contribution in [1.29, 1.82) is 0 Å². The third-order valence-corrected chi connectivity index (χ3v) is 2.51. The van der Waals surface area contributed by atoms with Crippen molar-refractivity contribution >= 4 is 11.8 Å². The lowest BCUT2D eigenvalue weighted by Crippen LogP contribution is -2.56. The maximum absolute atomic E-state index is 11.8. The molecule has 0 aromatic heterocycles. The lowest BCUT2D eigenvalue weighted by molar-refractivity contribution is -0.169. The van der Waals surface area contributed by atoms with Crippen LogP contribution in [0.3, 0.4) is 0 Å². The fourth-order valence-corrected chi connectivity index (χ4v) is 2.02. The molecule has 0 spiro atoms. The molecule has 2 N–H and O–H groups in total. The Labute approximate surface area is 101 Å². The first-order chi connectivity index (χ1) is 7.84. The van der Waals surface area contributed by atoms with Crippen molar-refractivity contribution in [2.45, 2.75) is 32.0 Å². The van der Waals surface area contributed by atoms with Crippen LogP contribution in [0.4, 0.5) is 0 Å². The third kappa shape index (κ3) is 4.32. The van der Waals surface area contributed by atoms with Gasteiger partial charge in [0, 0.05) is 20.2 Å². The molecule has 98 valence electrons. The summed E-state index contributed by atoms with van der Waals surface area (Å²) in [4.78, 5) is 24.1. The fraction of sp³-hybridized carbons (Fsp3) is 0.818. The van der Waals surface area contributed by atoms with Crippen molar-refractivity contribution in [3.8, 4) is 0 Å². The molecule has 0 saturated carbocycles. The van der Waals surface area contributed by atoms with E-state index >= 15 is 0 Å². The van der Waals surface area contributed by atoms with Crippen LogP contribution in [0.2, 0.25) is 0 Å². The van der Waals surface area contributed by atoms with Gasteiger partial charge >= 0.3 is 0 Å². The van der Waals surface area contributed by atoms with Crippen LogP contribution in [-0.2, 0) is 19.1 Å². The highest BCUT2D eigenvalue weighted by Crippen LogP contribution is 2.21. The van der Waals surface area contributed by atoms with E-state index in [1.54, 1.807) is 12.0 Å². The molecule has 1 saturated heterocycles. The molecule has 1 aliphatic heterocycles. The number of ether oxygens (including phenoxy) is 2. The first kappa shape index (κ1) is 13.9. The monoisotopic (exact) mass is 244 g/mol. The van der Waals surface area contributed by atoms with Gasteiger partial charge in [0.25, 0.3) is 0 Å². The van der Waals surface area contributed by atoms with Crippen LogP contribution in [0.5, 0.6) is 0 Å². The van der Waals surface area contributed by atoms with E-state index in [1.165, 1.54) is 0 Å². The molecule has 0 unspecified atom stereocenters. The Hall–Kier alpha value is -1.14. The van der Waals surface area contributed by atoms with Crippen molar-refractivity contribution in [2.75, 3.05) is 26.8 Å². The maximum Gasteiger partial charge on any atom is 0.232 e. The number of amides is 2. The third-order valence-electron chi connectivity index (χ3n) is 2.51. The smallest absolute Gasteiger partial charge is 0.232 e. The zero-order chi connectivity index (χ0) is 13.1. The van der Waals surface area contributed by atoms with Crippen molar-refractivity contribution < 1.29 is 19.1 Å². The minimum atomic E-state index is -0.609. The van der Waals surface area contributed by atoms with E-state index in [-0.39, 0.29) is 18.4 Å². The number of morpholine rings is 1. The zero-order valence-corrected chi connectivity index (χ0v) is 10.6. The molecular weight excluding hydrogens is 224 g/mol. The molecule has 6 heteroatoms. The van der Waals surface area contributed by atoms with Crippen LogP contribution in [0.25, 0.3) is 0 Å². The summed E-state index contributed by atoms with van der Waals surface area (Å²) in [6.45, 7) is 5.12. The second kappa shape index (κ2) is 5.46. The van der Waals surface area contributed by atoms with Gasteiger partial charge in [0.1, 0.15) is 6.42 Å². The van der Waals surface area contributed by atoms with E-state index in [4.69, 9.17) is 15.2 Å². The summed E-state index contributed by atoms with van der Waals surface area (Å²) in [5.74, 6) is -0.863. The van der Waals surface area contributed by atoms with E-state index in [2.05, 4.69) is 0 Å². The molecule has 1 aliphatic rings. The normalized spacial score (nSPS) is 23.5. The summed E-state index contributed by atoms with van der Waals surface area (Å²) < 4.78 is 10.8. The summed E-state index contributed by atoms with van der Waals surface area (Å²) in [5.41, 5.74) is 4.58. The Balaban J connectivity index is 2.65. The predicted octanol–water partition coefficient (Wildman–Crippen LogP) is -0.486. The van der Waals surface area contributed by atoms with Crippen LogP contribution in [-0.4, -0.2) is 55.2 Å². The number of methoxy groups -OCH3 is 1. The van der Waals surface area contributed by atoms with Gasteiger partial charge < -0.3 is 20.1 Å². The molecule has 0 aliphatic carbocycles. The van der Waals surface area contributed by atoms with Gasteiger partial charge in [0.05, 0.1) is 18.3 Å². The Bertz CT molecular complexity index is 304. The molecule has 0 aromatic rings. The summed E-state index contributed by atoms with van der Waals surface area (Å²) >= 11 is 0. The summed E-state index contributed by atoms with van der Waals surface area (Å²) in [6, 6.07) is 0. The zero-order valence-electron chi connectivity index (χ0n) is 10.6. The van der Waals surface area contributed by atoms with Crippen LogP contribution in [0.1, 0.15) is 20.3 Å². The van der Waals surface area contributed by atoms with Crippen LogP contribution >= 0.6 is 0 Å². The van der Waals surface area contributed by atoms with Crippen molar-refractivity contribution in [2.24, 2.45) is 5.73 Å². The standard InChI is InChI=1S/C11H20N2O4/c1-11(2)7-13(10(15)4-9(12)14)5-8(17-11)6-16-3/h8H,4-7H2,1-3H3,(H2,12,14)/t8-/m1/s1. The Morgan fingerprint density at radius 2 is 2.18 bits per heavy atom. The molecule has 1 rings (SSSR count). The van der Waals surface area contributed by atoms with Crippen LogP contribution in [0.15, 0.2) is 0 Å². The van der Waals surface area contributed by atoms with E-state index in [9.17, 15) is 9.59 Å². The number of nitrogens with two attached hydrogens (primary N) is 1. The maximum atomic E-state index is 11.8. The van der Waals surface area contributed by atoms with Crippen molar-refractivity contribution in [1.82, 2.24) is 4.90 Å². The van der Waals surface area contributed by atoms with Gasteiger partial charge in [-0.3, -0.25) is 9.59 Å². The van der Waals surface area contributed by atoms with E-state index < -0.39 is 11.5 Å². The molecule has 1 atom stereocenters. The predicted molar refractivity (Wildman–Crippen MR) is 61.2 cm³/mol. The second-order valence-electron chi connectivity index (χ2n) is 4.87. The number of nitrogens with zero attached hydrogens (tertiary/aromatic N) is 1. The highest BCUT2D eigenvalue weighted by molar-refractivity contribution is 5.96. The first-order valence-corrected chi connectivity index (χ1v) is 5.57. The van der Waals surface area contributed by atoms with E-state index in [0.29, 0.717) is 19.7 Å². The number of rotatable bonds is 4. The second-order valence-corrected chi connectivity index (χ2v) is 4.87. The molecular formula is C11H20N2O4. The molecule has 17 heavy (non-hydrogen) atoms. The van der Waals surface area contributed by atoms with Crippen LogP contribution in [0, 0.1) is 0 Å². The Morgan fingerprint density at radius 3 is 2.71 bits per heavy atom. The van der Waals surface area contributed by atoms with Crippen molar-refractivity contribution in [3.63, 3.8) is 0 Å². The molecule has 0 radical (unpaired) electrons. The number of hydrogen-bond acceptors (Lipinski definition) is 4. The van der Waals surface area contributed by atoms with Crippen LogP contribution < -0.4 is 5.73 Å². The van der Waals surface area contributed by atoms with Gasteiger partial charge in [-0.1, -0.05) is 0 Å². The largest absolute Gasteiger partial charge is 0.382 e. The number of hydrogen-bond donors (Lipinski definition) is 1. The lowest BCUT2D eigenvalue weighted by Gasteiger charge is -2.42. The van der Waals surface area contributed by atoms with E-state index in [1.807, 2.05) is 13.8 Å². The fourth-order valence-electron chi connectivity index (χ4n) is 2.02. The Kier molecular flexibility index (Phi) is 4.47. The highest BCUT2D eigenvalue weighted by Gasteiger charge is 2.35. The van der Waals surface area contributed by atoms with Gasteiger partial charge in [-0.05, 0) is 13.8 Å². The van der Waals surface area contributed by atoms with Gasteiger partial charge in [0.15, 0.2) is 0 Å². The average Bonchev–Trinajstić information content (AvgIpc) is 2.14. The molecule has 0 bridgehead atoms. The molecule has 6 nitrogen and oxygen atoms in total. The minimum absolute atomic E-state index is 0.166. The number of carbonyl (C=O) groups excluding carboxylic acids is 2. The molecule has 0 aromatic carbocycles. The first-order valence-electron chi connectivity index (χ1n) is 5.57. The van der Waals surface area contributed by atoms with E-state index in [0.717, 1.165) is 0 Å². The molecule has 1 fully saturated rings. The SMILES string of the molecule is COC[C@H]1CN(C(=O)CC(N)=O)CC(C)(C)O1. The van der Waals surface area contributed by atoms with Crippen molar-refractivity contribution in [3.05, 3.63) is 0 Å². The Morgan fingerprint density at radius 1 is 1.53 bits per heavy atom. The van der Waals surface area contributed by atoms with Gasteiger partial charge in [0.2, 0.25) is 11.8 Å². The molecule has 2 amide bonds. The number of carbonyl (C=O) groups is 2. The van der Waals surface area contributed by atoms with Gasteiger partial charge in [-0.2, -0.15) is 0 Å². The summed E-state index contributed by atoms with van der Waals surface area (Å²) in [6.07, 6.45) is -0.420. The topological polar surface area (TPSA) is 81.9 Å². The van der Waals surface area contributed by atoms with Gasteiger partial charge in [-0.25, -0.2) is 0 Å². The minimum Gasteiger partial charge on any atom is -0.382 e. The molecule has 1 heterocycles. The summed E-state index contributed by atoms with van der Waals surface area (Å²) in [7, 11) is 1.58.